The van der Waals surface area contributed by atoms with E-state index in [0.717, 1.165) is 23.7 Å². The summed E-state index contributed by atoms with van der Waals surface area (Å²) in [5.74, 6) is 3.92. The van der Waals surface area contributed by atoms with Gasteiger partial charge in [0, 0.05) is 0 Å². The Morgan fingerprint density at radius 2 is 1.55 bits per heavy atom. The van der Waals surface area contributed by atoms with Gasteiger partial charge in [0.2, 0.25) is 0 Å². The number of allylic oxidation sites excluding steroid dienone is 3. The lowest BCUT2D eigenvalue weighted by molar-refractivity contribution is 0.250. The zero-order valence-electron chi connectivity index (χ0n) is 14.9. The maximum absolute atomic E-state index is 3.89. The lowest BCUT2D eigenvalue weighted by Gasteiger charge is -2.29. The van der Waals surface area contributed by atoms with Crippen molar-refractivity contribution in [3.8, 4) is 0 Å². The third-order valence-corrected chi connectivity index (χ3v) is 6.23. The van der Waals surface area contributed by atoms with Crippen LogP contribution in [0.4, 0.5) is 0 Å². The second kappa shape index (κ2) is 10.3. The minimum absolute atomic E-state index is 0.892. The minimum atomic E-state index is 0.892. The third-order valence-electron chi connectivity index (χ3n) is 6.23. The highest BCUT2D eigenvalue weighted by atomic mass is 14.3. The van der Waals surface area contributed by atoms with Crippen molar-refractivity contribution >= 4 is 0 Å². The fourth-order valence-electron chi connectivity index (χ4n) is 4.90. The van der Waals surface area contributed by atoms with E-state index in [1.807, 2.05) is 0 Å². The van der Waals surface area contributed by atoms with E-state index < -0.39 is 0 Å². The molecule has 126 valence electrons. The smallest absolute Gasteiger partial charge is 0.0231 e. The molecule has 0 aromatic rings. The first-order valence-corrected chi connectivity index (χ1v) is 10.1. The molecule has 0 aromatic carbocycles. The van der Waals surface area contributed by atoms with E-state index in [0.29, 0.717) is 0 Å². The van der Waals surface area contributed by atoms with Gasteiger partial charge in [-0.05, 0) is 62.7 Å². The van der Waals surface area contributed by atoms with Crippen LogP contribution in [0.1, 0.15) is 90.4 Å². The molecular formula is C22H38. The number of hydrogen-bond donors (Lipinski definition) is 0. The van der Waals surface area contributed by atoms with Crippen LogP contribution in [0, 0.1) is 23.7 Å². The van der Waals surface area contributed by atoms with Gasteiger partial charge in [-0.15, -0.1) is 6.58 Å². The van der Waals surface area contributed by atoms with Gasteiger partial charge in [0.15, 0.2) is 0 Å². The Morgan fingerprint density at radius 3 is 2.23 bits per heavy atom. The summed E-state index contributed by atoms with van der Waals surface area (Å²) in [4.78, 5) is 0. The van der Waals surface area contributed by atoms with Crippen LogP contribution in [0.5, 0.6) is 0 Å². The summed E-state index contributed by atoms with van der Waals surface area (Å²) in [5, 5.41) is 0. The first-order valence-electron chi connectivity index (χ1n) is 10.1. The molecule has 0 spiro atoms. The van der Waals surface area contributed by atoms with Gasteiger partial charge >= 0.3 is 0 Å². The number of rotatable bonds is 8. The molecule has 0 bridgehead atoms. The molecule has 0 amide bonds. The van der Waals surface area contributed by atoms with Crippen LogP contribution in [0.25, 0.3) is 0 Å². The Labute approximate surface area is 139 Å². The van der Waals surface area contributed by atoms with Crippen molar-refractivity contribution in [3.63, 3.8) is 0 Å². The van der Waals surface area contributed by atoms with E-state index in [1.54, 1.807) is 0 Å². The fourth-order valence-corrected chi connectivity index (χ4v) is 4.90. The second-order valence-electron chi connectivity index (χ2n) is 8.01. The summed E-state index contributed by atoms with van der Waals surface area (Å²) < 4.78 is 0. The summed E-state index contributed by atoms with van der Waals surface area (Å²) in [6.45, 7) is 6.07. The van der Waals surface area contributed by atoms with E-state index in [-0.39, 0.29) is 0 Å². The van der Waals surface area contributed by atoms with Crippen molar-refractivity contribution in [1.29, 1.82) is 0 Å². The Morgan fingerprint density at radius 1 is 0.864 bits per heavy atom. The Hall–Kier alpha value is -0.520. The molecule has 2 aliphatic rings. The van der Waals surface area contributed by atoms with Crippen LogP contribution in [0.15, 0.2) is 24.8 Å². The van der Waals surface area contributed by atoms with Crippen molar-refractivity contribution in [2.75, 3.05) is 0 Å². The molecule has 2 unspecified atom stereocenters. The van der Waals surface area contributed by atoms with Gasteiger partial charge in [0.05, 0.1) is 0 Å². The van der Waals surface area contributed by atoms with E-state index in [2.05, 4.69) is 31.7 Å². The molecule has 0 aliphatic heterocycles. The van der Waals surface area contributed by atoms with Crippen LogP contribution in [0.3, 0.4) is 0 Å². The van der Waals surface area contributed by atoms with E-state index in [1.165, 1.54) is 83.5 Å². The largest absolute Gasteiger partial charge is 0.103 e. The quantitative estimate of drug-likeness (QED) is 0.325. The van der Waals surface area contributed by atoms with Crippen molar-refractivity contribution < 1.29 is 0 Å². The van der Waals surface area contributed by atoms with E-state index >= 15 is 0 Å². The molecule has 0 heteroatoms. The number of hydrogen-bond acceptors (Lipinski definition) is 0. The van der Waals surface area contributed by atoms with Crippen LogP contribution in [-0.2, 0) is 0 Å². The minimum Gasteiger partial charge on any atom is -0.103 e. The van der Waals surface area contributed by atoms with Gasteiger partial charge in [-0.1, -0.05) is 69.6 Å². The molecule has 2 fully saturated rings. The zero-order valence-corrected chi connectivity index (χ0v) is 14.9. The molecule has 0 nitrogen and oxygen atoms in total. The van der Waals surface area contributed by atoms with E-state index in [9.17, 15) is 0 Å². The third kappa shape index (κ3) is 6.31. The molecule has 0 heterocycles. The molecule has 0 N–H and O–H groups in total. The summed E-state index contributed by atoms with van der Waals surface area (Å²) in [7, 11) is 0. The van der Waals surface area contributed by atoms with Gasteiger partial charge in [-0.3, -0.25) is 0 Å². The lowest BCUT2D eigenvalue weighted by atomic mass is 9.77. The standard InChI is InChI=1S/C22H38/c1-3-8-19-14-16-20(17-15-19)10-5-6-11-22-13-7-12-21(18-22)9-4-2/h3-4,9,19-22H,1,5-8,10-18H2,2H3/t19-,20-,21?,22?. The highest BCUT2D eigenvalue weighted by Crippen LogP contribution is 2.35. The first-order chi connectivity index (χ1) is 10.8. The van der Waals surface area contributed by atoms with Crippen molar-refractivity contribution in [3.05, 3.63) is 24.8 Å². The molecule has 0 radical (unpaired) electrons. The summed E-state index contributed by atoms with van der Waals surface area (Å²) in [5.41, 5.74) is 0. The lowest BCUT2D eigenvalue weighted by Crippen LogP contribution is -2.15. The van der Waals surface area contributed by atoms with Crippen molar-refractivity contribution in [2.45, 2.75) is 90.4 Å². The second-order valence-corrected chi connectivity index (χ2v) is 8.01. The molecule has 2 saturated carbocycles. The SMILES string of the molecule is C=CC[C@H]1CC[C@H](CCCCC2CCCC(C=CC)C2)CC1. The molecule has 0 aromatic heterocycles. The average molecular weight is 303 g/mol. The molecule has 2 atom stereocenters. The molecule has 22 heavy (non-hydrogen) atoms. The highest BCUT2D eigenvalue weighted by molar-refractivity contribution is 4.89. The summed E-state index contributed by atoms with van der Waals surface area (Å²) in [6, 6.07) is 0. The topological polar surface area (TPSA) is 0 Å². The normalized spacial score (nSPS) is 33.1. The molecule has 0 saturated heterocycles. The van der Waals surface area contributed by atoms with Crippen molar-refractivity contribution in [2.24, 2.45) is 23.7 Å². The highest BCUT2D eigenvalue weighted by Gasteiger charge is 2.21. The van der Waals surface area contributed by atoms with Crippen molar-refractivity contribution in [1.82, 2.24) is 0 Å². The van der Waals surface area contributed by atoms with Gasteiger partial charge in [-0.2, -0.15) is 0 Å². The average Bonchev–Trinajstić information content (AvgIpc) is 2.54. The van der Waals surface area contributed by atoms with Gasteiger partial charge in [0.25, 0.3) is 0 Å². The maximum atomic E-state index is 3.89. The Balaban J connectivity index is 1.53. The molecular weight excluding hydrogens is 264 g/mol. The molecule has 2 aliphatic carbocycles. The zero-order chi connectivity index (χ0) is 15.6. The molecule has 2 rings (SSSR count). The van der Waals surface area contributed by atoms with Gasteiger partial charge in [0.1, 0.15) is 0 Å². The van der Waals surface area contributed by atoms with E-state index in [4.69, 9.17) is 0 Å². The van der Waals surface area contributed by atoms with Crippen LogP contribution in [0.2, 0.25) is 0 Å². The van der Waals surface area contributed by atoms with Gasteiger partial charge < -0.3 is 0 Å². The summed E-state index contributed by atoms with van der Waals surface area (Å²) >= 11 is 0. The Bertz CT molecular complexity index is 319. The number of unbranched alkanes of at least 4 members (excludes halogenated alkanes) is 1. The van der Waals surface area contributed by atoms with Crippen LogP contribution in [-0.4, -0.2) is 0 Å². The monoisotopic (exact) mass is 302 g/mol. The first kappa shape index (κ1) is 17.8. The Kier molecular flexibility index (Phi) is 8.34. The predicted octanol–water partition coefficient (Wildman–Crippen LogP) is 7.31. The predicted molar refractivity (Wildman–Crippen MR) is 99.0 cm³/mol. The van der Waals surface area contributed by atoms with Gasteiger partial charge in [-0.25, -0.2) is 0 Å². The van der Waals surface area contributed by atoms with Crippen LogP contribution < -0.4 is 0 Å². The van der Waals surface area contributed by atoms with Crippen LogP contribution >= 0.6 is 0 Å². The summed E-state index contributed by atoms with van der Waals surface area (Å²) in [6.07, 6.45) is 25.8. The maximum Gasteiger partial charge on any atom is -0.0231 e. The fraction of sp³-hybridized carbons (Fsp3) is 0.818.